The zero-order valence-electron chi connectivity index (χ0n) is 9.81. The molecule has 0 amide bonds. The van der Waals surface area contributed by atoms with E-state index in [9.17, 15) is 13.2 Å². The van der Waals surface area contributed by atoms with Crippen molar-refractivity contribution < 1.29 is 18.3 Å². The highest BCUT2D eigenvalue weighted by Crippen LogP contribution is 2.22. The molecule has 6 heteroatoms. The molecule has 0 unspecified atom stereocenters. The maximum absolute atomic E-state index is 12.0. The summed E-state index contributed by atoms with van der Waals surface area (Å²) in [5.41, 5.74) is 0.709. The van der Waals surface area contributed by atoms with Gasteiger partial charge in [0.25, 0.3) is 0 Å². The van der Waals surface area contributed by atoms with Crippen molar-refractivity contribution in [3.63, 3.8) is 0 Å². The number of halogens is 1. The van der Waals surface area contributed by atoms with E-state index in [1.807, 2.05) is 0 Å². The van der Waals surface area contributed by atoms with Crippen LogP contribution in [0.4, 0.5) is 0 Å². The fraction of sp³-hybridized carbons (Fsp3) is 0.250. The van der Waals surface area contributed by atoms with Crippen molar-refractivity contribution >= 4 is 31.7 Å². The van der Waals surface area contributed by atoms with Crippen molar-refractivity contribution in [1.82, 2.24) is 0 Å². The fourth-order valence-electron chi connectivity index (χ4n) is 1.29. The summed E-state index contributed by atoms with van der Waals surface area (Å²) in [6.07, 6.45) is 0.362. The van der Waals surface area contributed by atoms with Crippen LogP contribution < -0.4 is 0 Å². The summed E-state index contributed by atoms with van der Waals surface area (Å²) in [4.78, 5) is 10.9. The van der Waals surface area contributed by atoms with Crippen molar-refractivity contribution in [2.24, 2.45) is 0 Å². The largest absolute Gasteiger partial charge is 0.478 e. The Bertz CT molecular complexity index is 590. The highest BCUT2D eigenvalue weighted by atomic mass is 79.9. The molecule has 0 aromatic heterocycles. The molecule has 0 fully saturated rings. The second-order valence-electron chi connectivity index (χ2n) is 3.97. The van der Waals surface area contributed by atoms with E-state index in [4.69, 9.17) is 5.11 Å². The van der Waals surface area contributed by atoms with Crippen LogP contribution in [0, 0.1) is 0 Å². The standard InChI is InChI=1S/C12H13BrO4S/c1-8(2)5-6-18(16,17)9-3-4-11(13)10(7-9)12(14)15/h3-4,7H,1,5-6H2,2H3,(H,14,15). The monoisotopic (exact) mass is 332 g/mol. The molecular weight excluding hydrogens is 320 g/mol. The molecule has 0 saturated carbocycles. The fourth-order valence-corrected chi connectivity index (χ4v) is 3.13. The number of benzene rings is 1. The summed E-state index contributed by atoms with van der Waals surface area (Å²) in [6, 6.07) is 3.99. The number of carboxylic acids is 1. The molecule has 0 bridgehead atoms. The SMILES string of the molecule is C=C(C)CCS(=O)(=O)c1ccc(Br)c(C(=O)O)c1. The molecule has 0 spiro atoms. The minimum absolute atomic E-state index is 0.0179. The third-order valence-electron chi connectivity index (χ3n) is 2.32. The minimum atomic E-state index is -3.47. The molecule has 0 radical (unpaired) electrons. The molecule has 0 atom stereocenters. The Balaban J connectivity index is 3.14. The molecule has 18 heavy (non-hydrogen) atoms. The van der Waals surface area contributed by atoms with Crippen LogP contribution in [-0.4, -0.2) is 25.2 Å². The van der Waals surface area contributed by atoms with Gasteiger partial charge >= 0.3 is 5.97 Å². The molecule has 0 saturated heterocycles. The van der Waals surface area contributed by atoms with Crippen LogP contribution in [0.3, 0.4) is 0 Å². The molecule has 0 aliphatic carbocycles. The molecule has 98 valence electrons. The van der Waals surface area contributed by atoms with Crippen LogP contribution in [0.5, 0.6) is 0 Å². The van der Waals surface area contributed by atoms with Gasteiger partial charge in [0.1, 0.15) is 0 Å². The van der Waals surface area contributed by atoms with Gasteiger partial charge in [0.15, 0.2) is 9.84 Å². The first-order valence-electron chi connectivity index (χ1n) is 5.14. The number of hydrogen-bond acceptors (Lipinski definition) is 3. The number of sulfone groups is 1. The summed E-state index contributed by atoms with van der Waals surface area (Å²) in [5.74, 6) is -1.23. The van der Waals surface area contributed by atoms with Gasteiger partial charge in [0, 0.05) is 4.47 Å². The van der Waals surface area contributed by atoms with E-state index < -0.39 is 15.8 Å². The smallest absolute Gasteiger partial charge is 0.336 e. The first kappa shape index (κ1) is 14.9. The van der Waals surface area contributed by atoms with Crippen molar-refractivity contribution in [3.05, 3.63) is 40.4 Å². The Hall–Kier alpha value is -1.14. The number of carbonyl (C=O) groups is 1. The van der Waals surface area contributed by atoms with E-state index in [1.54, 1.807) is 6.92 Å². The van der Waals surface area contributed by atoms with E-state index in [0.717, 1.165) is 5.57 Å². The first-order chi connectivity index (χ1) is 8.24. The number of aromatic carboxylic acids is 1. The Kier molecular flexibility index (Phi) is 4.70. The number of rotatable bonds is 5. The molecule has 1 aromatic rings. The van der Waals surface area contributed by atoms with Gasteiger partial charge in [-0.25, -0.2) is 13.2 Å². The Labute approximate surface area is 114 Å². The van der Waals surface area contributed by atoms with Gasteiger partial charge in [-0.3, -0.25) is 0 Å². The quantitative estimate of drug-likeness (QED) is 0.841. The number of hydrogen-bond donors (Lipinski definition) is 1. The average molecular weight is 333 g/mol. The van der Waals surface area contributed by atoms with Crippen molar-refractivity contribution in [2.75, 3.05) is 5.75 Å². The van der Waals surface area contributed by atoms with Crippen molar-refractivity contribution in [1.29, 1.82) is 0 Å². The maximum Gasteiger partial charge on any atom is 0.336 e. The third-order valence-corrected chi connectivity index (χ3v) is 4.73. The molecule has 1 N–H and O–H groups in total. The van der Waals surface area contributed by atoms with Crippen LogP contribution in [0.1, 0.15) is 23.7 Å². The summed E-state index contributed by atoms with van der Waals surface area (Å²) in [6.45, 7) is 5.40. The van der Waals surface area contributed by atoms with Crippen molar-refractivity contribution in [3.8, 4) is 0 Å². The highest BCUT2D eigenvalue weighted by Gasteiger charge is 2.18. The van der Waals surface area contributed by atoms with Gasteiger partial charge in [0.2, 0.25) is 0 Å². The molecule has 4 nitrogen and oxygen atoms in total. The summed E-state index contributed by atoms with van der Waals surface area (Å²) >= 11 is 3.07. The van der Waals surface area contributed by atoms with E-state index >= 15 is 0 Å². The summed E-state index contributed by atoms with van der Waals surface area (Å²) in [7, 11) is -3.47. The number of allylic oxidation sites excluding steroid dienone is 1. The van der Waals surface area contributed by atoms with E-state index in [2.05, 4.69) is 22.5 Å². The van der Waals surface area contributed by atoms with Gasteiger partial charge in [0.05, 0.1) is 16.2 Å². The average Bonchev–Trinajstić information content (AvgIpc) is 2.26. The summed E-state index contributed by atoms with van der Waals surface area (Å²) < 4.78 is 24.3. The lowest BCUT2D eigenvalue weighted by molar-refractivity contribution is 0.0695. The minimum Gasteiger partial charge on any atom is -0.478 e. The second kappa shape index (κ2) is 5.67. The lowest BCUT2D eigenvalue weighted by atomic mass is 10.2. The zero-order valence-corrected chi connectivity index (χ0v) is 12.2. The van der Waals surface area contributed by atoms with Crippen LogP contribution in [0.25, 0.3) is 0 Å². The maximum atomic E-state index is 12.0. The van der Waals surface area contributed by atoms with Gasteiger partial charge in [-0.15, -0.1) is 6.58 Å². The first-order valence-corrected chi connectivity index (χ1v) is 7.58. The topological polar surface area (TPSA) is 71.4 Å². The van der Waals surface area contributed by atoms with Gasteiger partial charge in [-0.1, -0.05) is 5.57 Å². The predicted octanol–water partition coefficient (Wildman–Crippen LogP) is 2.89. The van der Waals surface area contributed by atoms with Crippen LogP contribution in [-0.2, 0) is 9.84 Å². The number of carboxylic acid groups (broad SMARTS) is 1. The van der Waals surface area contributed by atoms with E-state index in [1.165, 1.54) is 18.2 Å². The Morgan fingerprint density at radius 3 is 2.56 bits per heavy atom. The van der Waals surface area contributed by atoms with Crippen LogP contribution >= 0.6 is 15.9 Å². The molecular formula is C12H13BrO4S. The molecule has 0 aliphatic rings. The molecule has 1 rings (SSSR count). The van der Waals surface area contributed by atoms with Crippen LogP contribution in [0.2, 0.25) is 0 Å². The Morgan fingerprint density at radius 1 is 1.44 bits per heavy atom. The zero-order chi connectivity index (χ0) is 13.9. The van der Waals surface area contributed by atoms with Gasteiger partial charge in [-0.2, -0.15) is 0 Å². The predicted molar refractivity (Wildman–Crippen MR) is 72.6 cm³/mol. The van der Waals surface area contributed by atoms with Crippen LogP contribution in [0.15, 0.2) is 39.7 Å². The van der Waals surface area contributed by atoms with Crippen molar-refractivity contribution in [2.45, 2.75) is 18.2 Å². The third kappa shape index (κ3) is 3.68. The second-order valence-corrected chi connectivity index (χ2v) is 6.94. The molecule has 0 heterocycles. The van der Waals surface area contributed by atoms with E-state index in [0.29, 0.717) is 10.9 Å². The summed E-state index contributed by atoms with van der Waals surface area (Å²) in [5, 5.41) is 8.94. The normalized spacial score (nSPS) is 11.2. The lowest BCUT2D eigenvalue weighted by Crippen LogP contribution is -2.09. The molecule has 1 aromatic carbocycles. The highest BCUT2D eigenvalue weighted by molar-refractivity contribution is 9.10. The lowest BCUT2D eigenvalue weighted by Gasteiger charge is -2.06. The Morgan fingerprint density at radius 2 is 2.06 bits per heavy atom. The van der Waals surface area contributed by atoms with Gasteiger partial charge in [-0.05, 0) is 47.5 Å². The molecule has 0 aliphatic heterocycles. The van der Waals surface area contributed by atoms with Gasteiger partial charge < -0.3 is 5.11 Å². The van der Waals surface area contributed by atoms with E-state index in [-0.39, 0.29) is 16.2 Å².